The molecule has 0 atom stereocenters. The first-order valence-corrected chi connectivity index (χ1v) is 9.08. The molecule has 0 aliphatic rings. The summed E-state index contributed by atoms with van der Waals surface area (Å²) in [6, 6.07) is 10.7. The maximum Gasteiger partial charge on any atom is 0.236 e. The number of hydrogen-bond donors (Lipinski definition) is 1. The lowest BCUT2D eigenvalue weighted by atomic mass is 10.3. The van der Waals surface area contributed by atoms with E-state index in [1.54, 1.807) is 16.8 Å². The van der Waals surface area contributed by atoms with Crippen LogP contribution in [0.5, 0.6) is 5.75 Å². The second-order valence-electron chi connectivity index (χ2n) is 4.97. The molecule has 0 saturated heterocycles. The van der Waals surface area contributed by atoms with Crippen molar-refractivity contribution < 1.29 is 9.53 Å². The molecule has 0 spiro atoms. The van der Waals surface area contributed by atoms with Crippen LogP contribution in [0.4, 0.5) is 5.82 Å². The number of anilines is 1. The van der Waals surface area contributed by atoms with E-state index in [1.807, 2.05) is 31.2 Å². The molecule has 1 amide bonds. The molecule has 3 rings (SSSR count). The van der Waals surface area contributed by atoms with Gasteiger partial charge in [0, 0.05) is 6.20 Å². The Morgan fingerprint density at radius 2 is 2.15 bits per heavy atom. The number of benzene rings is 1. The van der Waals surface area contributed by atoms with Crippen molar-refractivity contribution in [1.29, 1.82) is 0 Å². The van der Waals surface area contributed by atoms with Gasteiger partial charge in [0.25, 0.3) is 0 Å². The van der Waals surface area contributed by atoms with Crippen molar-refractivity contribution in [3.8, 4) is 11.4 Å². The summed E-state index contributed by atoms with van der Waals surface area (Å²) in [6.07, 6.45) is 1.47. The van der Waals surface area contributed by atoms with Crippen LogP contribution in [0, 0.1) is 0 Å². The van der Waals surface area contributed by atoms with E-state index in [0.717, 1.165) is 0 Å². The van der Waals surface area contributed by atoms with Crippen LogP contribution < -0.4 is 10.1 Å². The fourth-order valence-electron chi connectivity index (χ4n) is 2.09. The van der Waals surface area contributed by atoms with Crippen molar-refractivity contribution in [2.45, 2.75) is 12.1 Å². The van der Waals surface area contributed by atoms with Crippen molar-refractivity contribution >= 4 is 35.1 Å². The summed E-state index contributed by atoms with van der Waals surface area (Å²) in [6.45, 7) is 2.43. The molecule has 0 saturated carbocycles. The summed E-state index contributed by atoms with van der Waals surface area (Å²) in [5.74, 6) is 0.999. The average Bonchev–Trinajstić information content (AvgIpc) is 3.11. The summed E-state index contributed by atoms with van der Waals surface area (Å²) in [5, 5.41) is 15.4. The van der Waals surface area contributed by atoms with Crippen LogP contribution in [0.15, 0.2) is 47.8 Å². The number of halogens is 1. The number of thioether (sulfide) groups is 1. The molecular formula is C16H15ClN6O2S. The molecule has 134 valence electrons. The molecule has 0 radical (unpaired) electrons. The Balaban J connectivity index is 1.68. The number of aromatic nitrogens is 5. The molecule has 8 nitrogen and oxygen atoms in total. The fraction of sp³-hybridized carbons (Fsp3) is 0.188. The lowest BCUT2D eigenvalue weighted by Gasteiger charge is -2.10. The number of carbonyl (C=O) groups is 1. The first kappa shape index (κ1) is 18.2. The number of para-hydroxylation sites is 2. The van der Waals surface area contributed by atoms with Gasteiger partial charge >= 0.3 is 0 Å². The molecule has 0 aliphatic heterocycles. The summed E-state index contributed by atoms with van der Waals surface area (Å²) >= 11 is 6.98. The topological polar surface area (TPSA) is 94.8 Å². The summed E-state index contributed by atoms with van der Waals surface area (Å²) < 4.78 is 7.15. The highest BCUT2D eigenvalue weighted by molar-refractivity contribution is 7.99. The molecule has 3 aromatic rings. The van der Waals surface area contributed by atoms with Gasteiger partial charge in [-0.2, -0.15) is 4.68 Å². The standard InChI is InChI=1S/C16H15ClN6O2S/c1-2-25-13-6-4-3-5-12(13)23-16(20-21-22-23)26-10-15(24)19-14-8-7-11(17)9-18-14/h3-9H,2,10H2,1H3,(H,18,19,24). The normalized spacial score (nSPS) is 10.5. The van der Waals surface area contributed by atoms with Gasteiger partial charge in [0.1, 0.15) is 17.3 Å². The Bertz CT molecular complexity index is 886. The Morgan fingerprint density at radius 1 is 1.31 bits per heavy atom. The van der Waals surface area contributed by atoms with E-state index in [2.05, 4.69) is 25.8 Å². The molecule has 1 aromatic carbocycles. The van der Waals surface area contributed by atoms with Crippen LogP contribution in [-0.4, -0.2) is 43.5 Å². The van der Waals surface area contributed by atoms with Gasteiger partial charge in [0.15, 0.2) is 0 Å². The fourth-order valence-corrected chi connectivity index (χ4v) is 2.88. The van der Waals surface area contributed by atoms with E-state index < -0.39 is 0 Å². The van der Waals surface area contributed by atoms with Crippen molar-refractivity contribution in [3.05, 3.63) is 47.6 Å². The van der Waals surface area contributed by atoms with Gasteiger partial charge in [-0.15, -0.1) is 5.10 Å². The third kappa shape index (κ3) is 4.50. The molecule has 0 aliphatic carbocycles. The van der Waals surface area contributed by atoms with Gasteiger partial charge in [-0.1, -0.05) is 35.5 Å². The van der Waals surface area contributed by atoms with Gasteiger partial charge in [0.2, 0.25) is 11.1 Å². The number of rotatable bonds is 7. The first-order valence-electron chi connectivity index (χ1n) is 7.72. The van der Waals surface area contributed by atoms with E-state index in [9.17, 15) is 4.79 Å². The van der Waals surface area contributed by atoms with Gasteiger partial charge in [-0.3, -0.25) is 4.79 Å². The third-order valence-corrected chi connectivity index (χ3v) is 4.30. The second-order valence-corrected chi connectivity index (χ2v) is 6.35. The number of amides is 1. The predicted octanol–water partition coefficient (Wildman–Crippen LogP) is 2.84. The zero-order chi connectivity index (χ0) is 18.4. The van der Waals surface area contributed by atoms with Crippen molar-refractivity contribution in [2.75, 3.05) is 17.7 Å². The van der Waals surface area contributed by atoms with E-state index in [-0.39, 0.29) is 11.7 Å². The van der Waals surface area contributed by atoms with Crippen LogP contribution in [0.3, 0.4) is 0 Å². The van der Waals surface area contributed by atoms with E-state index in [4.69, 9.17) is 16.3 Å². The lowest BCUT2D eigenvalue weighted by Crippen LogP contribution is -2.15. The van der Waals surface area contributed by atoms with Crippen molar-refractivity contribution in [1.82, 2.24) is 25.2 Å². The van der Waals surface area contributed by atoms with E-state index in [1.165, 1.54) is 18.0 Å². The number of tetrazole rings is 1. The SMILES string of the molecule is CCOc1ccccc1-n1nnnc1SCC(=O)Nc1ccc(Cl)cn1. The monoisotopic (exact) mass is 390 g/mol. The number of nitrogens with one attached hydrogen (secondary N) is 1. The van der Waals surface area contributed by atoms with E-state index in [0.29, 0.717) is 34.0 Å². The van der Waals surface area contributed by atoms with Crippen LogP contribution in [0.25, 0.3) is 5.69 Å². The molecule has 1 N–H and O–H groups in total. The van der Waals surface area contributed by atoms with Gasteiger partial charge in [-0.05, 0) is 41.6 Å². The molecule has 0 bridgehead atoms. The predicted molar refractivity (Wildman–Crippen MR) is 98.9 cm³/mol. The summed E-state index contributed by atoms with van der Waals surface area (Å²) in [7, 11) is 0. The molecule has 26 heavy (non-hydrogen) atoms. The van der Waals surface area contributed by atoms with Crippen molar-refractivity contribution in [3.63, 3.8) is 0 Å². The Morgan fingerprint density at radius 3 is 2.92 bits per heavy atom. The average molecular weight is 391 g/mol. The first-order chi connectivity index (χ1) is 12.7. The Labute approximate surface area is 158 Å². The Hall–Kier alpha value is -2.65. The van der Waals surface area contributed by atoms with Crippen LogP contribution >= 0.6 is 23.4 Å². The molecular weight excluding hydrogens is 376 g/mol. The minimum atomic E-state index is -0.225. The number of hydrogen-bond acceptors (Lipinski definition) is 7. The van der Waals surface area contributed by atoms with Crippen molar-refractivity contribution in [2.24, 2.45) is 0 Å². The quantitative estimate of drug-likeness (QED) is 0.620. The number of pyridine rings is 1. The highest BCUT2D eigenvalue weighted by Crippen LogP contribution is 2.26. The summed E-state index contributed by atoms with van der Waals surface area (Å²) in [5.41, 5.74) is 0.710. The van der Waals surface area contributed by atoms with Gasteiger partial charge in [-0.25, -0.2) is 4.98 Å². The zero-order valence-electron chi connectivity index (χ0n) is 13.8. The minimum Gasteiger partial charge on any atom is -0.492 e. The largest absolute Gasteiger partial charge is 0.492 e. The molecule has 2 heterocycles. The van der Waals surface area contributed by atoms with Crippen LogP contribution in [-0.2, 0) is 4.79 Å². The Kier molecular flexibility index (Phi) is 6.03. The maximum atomic E-state index is 12.1. The van der Waals surface area contributed by atoms with E-state index >= 15 is 0 Å². The molecule has 0 fully saturated rings. The highest BCUT2D eigenvalue weighted by Gasteiger charge is 2.15. The third-order valence-electron chi connectivity index (χ3n) is 3.16. The molecule has 10 heteroatoms. The second kappa shape index (κ2) is 8.63. The van der Waals surface area contributed by atoms with Gasteiger partial charge in [0.05, 0.1) is 17.4 Å². The maximum absolute atomic E-state index is 12.1. The van der Waals surface area contributed by atoms with Gasteiger partial charge < -0.3 is 10.1 Å². The lowest BCUT2D eigenvalue weighted by molar-refractivity contribution is -0.113. The molecule has 2 aromatic heterocycles. The zero-order valence-corrected chi connectivity index (χ0v) is 15.4. The highest BCUT2D eigenvalue weighted by atomic mass is 35.5. The molecule has 0 unspecified atom stereocenters. The van der Waals surface area contributed by atoms with Crippen LogP contribution in [0.2, 0.25) is 5.02 Å². The minimum absolute atomic E-state index is 0.126. The number of ether oxygens (including phenoxy) is 1. The number of carbonyl (C=O) groups excluding carboxylic acids is 1. The van der Waals surface area contributed by atoms with Crippen LogP contribution in [0.1, 0.15) is 6.92 Å². The summed E-state index contributed by atoms with van der Waals surface area (Å²) in [4.78, 5) is 16.1. The smallest absolute Gasteiger partial charge is 0.236 e. The number of nitrogens with zero attached hydrogens (tertiary/aromatic N) is 5.